The molecule has 1 aromatic heterocycles. The van der Waals surface area contributed by atoms with Gasteiger partial charge in [0.05, 0.1) is 17.4 Å². The molecule has 1 unspecified atom stereocenters. The fraction of sp³-hybridized carbons (Fsp3) is 0.462. The molecule has 0 aromatic carbocycles. The van der Waals surface area contributed by atoms with Crippen molar-refractivity contribution in [1.82, 2.24) is 14.8 Å². The third kappa shape index (κ3) is 2.20. The summed E-state index contributed by atoms with van der Waals surface area (Å²) in [5.41, 5.74) is 6.39. The quantitative estimate of drug-likeness (QED) is 0.776. The summed E-state index contributed by atoms with van der Waals surface area (Å²) >= 11 is 5.97. The van der Waals surface area contributed by atoms with E-state index in [2.05, 4.69) is 4.98 Å². The number of amides is 2. The zero-order valence-electron chi connectivity index (χ0n) is 10.9. The summed E-state index contributed by atoms with van der Waals surface area (Å²) in [7, 11) is 0. The maximum Gasteiger partial charge on any atom is 0.257 e. The van der Waals surface area contributed by atoms with E-state index in [-0.39, 0.29) is 23.0 Å². The van der Waals surface area contributed by atoms with Crippen molar-refractivity contribution in [2.24, 2.45) is 0 Å². The number of fused-ring (bicyclic) bond motifs is 1. The van der Waals surface area contributed by atoms with Gasteiger partial charge < -0.3 is 15.5 Å². The Morgan fingerprint density at radius 1 is 1.45 bits per heavy atom. The van der Waals surface area contributed by atoms with Gasteiger partial charge in [0.25, 0.3) is 5.91 Å². The number of hydrogen-bond acceptors (Lipinski definition) is 4. The number of pyridine rings is 1. The van der Waals surface area contributed by atoms with Crippen molar-refractivity contribution < 1.29 is 9.59 Å². The number of carbonyl (C=O) groups is 2. The van der Waals surface area contributed by atoms with Crippen molar-refractivity contribution in [2.45, 2.75) is 18.9 Å². The Morgan fingerprint density at radius 3 is 3.05 bits per heavy atom. The van der Waals surface area contributed by atoms with E-state index in [4.69, 9.17) is 17.3 Å². The van der Waals surface area contributed by atoms with E-state index < -0.39 is 0 Å². The first kappa shape index (κ1) is 13.2. The predicted octanol–water partition coefficient (Wildman–Crippen LogP) is 0.764. The maximum absolute atomic E-state index is 12.5. The van der Waals surface area contributed by atoms with E-state index in [0.29, 0.717) is 37.3 Å². The van der Waals surface area contributed by atoms with Crippen molar-refractivity contribution in [3.63, 3.8) is 0 Å². The molecule has 0 saturated carbocycles. The Morgan fingerprint density at radius 2 is 2.25 bits per heavy atom. The molecule has 3 heterocycles. The molecule has 2 saturated heterocycles. The molecule has 2 aliphatic heterocycles. The summed E-state index contributed by atoms with van der Waals surface area (Å²) in [5.74, 6) is 0.0135. The molecular weight excluding hydrogens is 280 g/mol. The summed E-state index contributed by atoms with van der Waals surface area (Å²) in [5, 5.41) is 0.161. The second kappa shape index (κ2) is 4.94. The molecule has 2 aliphatic rings. The first-order valence-corrected chi connectivity index (χ1v) is 6.94. The number of piperazine rings is 1. The minimum atomic E-state index is -0.172. The van der Waals surface area contributed by atoms with Gasteiger partial charge in [-0.1, -0.05) is 11.6 Å². The summed E-state index contributed by atoms with van der Waals surface area (Å²) in [6, 6.07) is 1.68. The van der Waals surface area contributed by atoms with Gasteiger partial charge in [0, 0.05) is 32.1 Å². The second-order valence-corrected chi connectivity index (χ2v) is 5.50. The maximum atomic E-state index is 12.5. The van der Waals surface area contributed by atoms with Gasteiger partial charge >= 0.3 is 0 Å². The number of aromatic nitrogens is 1. The molecule has 2 fully saturated rings. The van der Waals surface area contributed by atoms with Crippen LogP contribution < -0.4 is 5.73 Å². The van der Waals surface area contributed by atoms with Crippen LogP contribution in [-0.2, 0) is 4.79 Å². The zero-order chi connectivity index (χ0) is 14.3. The smallest absolute Gasteiger partial charge is 0.257 e. The van der Waals surface area contributed by atoms with Gasteiger partial charge in [-0.3, -0.25) is 9.59 Å². The van der Waals surface area contributed by atoms with Crippen LogP contribution in [0.2, 0.25) is 5.15 Å². The fourth-order valence-corrected chi connectivity index (χ4v) is 3.02. The van der Waals surface area contributed by atoms with E-state index in [9.17, 15) is 9.59 Å². The highest BCUT2D eigenvalue weighted by Crippen LogP contribution is 2.25. The monoisotopic (exact) mass is 294 g/mol. The lowest BCUT2D eigenvalue weighted by atomic mass is 10.1. The van der Waals surface area contributed by atoms with Gasteiger partial charge in [0.2, 0.25) is 5.91 Å². The molecule has 1 atom stereocenters. The minimum absolute atomic E-state index is 0.132. The zero-order valence-corrected chi connectivity index (χ0v) is 11.6. The number of nitrogens with two attached hydrogens (primary N) is 1. The summed E-state index contributed by atoms with van der Waals surface area (Å²) < 4.78 is 0. The number of rotatable bonds is 1. The SMILES string of the molecule is Nc1cnc(Cl)c(C(=O)N2CCN3C(=O)CCC3C2)c1. The van der Waals surface area contributed by atoms with E-state index in [1.807, 2.05) is 4.90 Å². The van der Waals surface area contributed by atoms with Crippen LogP contribution >= 0.6 is 11.6 Å². The van der Waals surface area contributed by atoms with Gasteiger partial charge in [0.15, 0.2) is 0 Å². The number of nitrogen functional groups attached to an aromatic ring is 1. The number of anilines is 1. The van der Waals surface area contributed by atoms with Crippen LogP contribution in [0.3, 0.4) is 0 Å². The fourth-order valence-electron chi connectivity index (χ4n) is 2.83. The van der Waals surface area contributed by atoms with Crippen molar-refractivity contribution in [1.29, 1.82) is 0 Å². The molecule has 20 heavy (non-hydrogen) atoms. The molecule has 106 valence electrons. The molecule has 2 N–H and O–H groups in total. The van der Waals surface area contributed by atoms with Crippen LogP contribution in [0.25, 0.3) is 0 Å². The molecule has 2 amide bonds. The van der Waals surface area contributed by atoms with E-state index >= 15 is 0 Å². The lowest BCUT2D eigenvalue weighted by Crippen LogP contribution is -2.53. The molecule has 3 rings (SSSR count). The van der Waals surface area contributed by atoms with Gasteiger partial charge in [0.1, 0.15) is 5.15 Å². The third-order valence-corrected chi connectivity index (χ3v) is 4.17. The molecule has 0 radical (unpaired) electrons. The minimum Gasteiger partial charge on any atom is -0.397 e. The average molecular weight is 295 g/mol. The van der Waals surface area contributed by atoms with E-state index in [0.717, 1.165) is 6.42 Å². The van der Waals surface area contributed by atoms with Crippen LogP contribution in [0.1, 0.15) is 23.2 Å². The van der Waals surface area contributed by atoms with Gasteiger partial charge in [-0.25, -0.2) is 4.98 Å². The number of nitrogens with zero attached hydrogens (tertiary/aromatic N) is 3. The largest absolute Gasteiger partial charge is 0.397 e. The van der Waals surface area contributed by atoms with Crippen LogP contribution in [0.4, 0.5) is 5.69 Å². The van der Waals surface area contributed by atoms with Crippen molar-refractivity contribution >= 4 is 29.1 Å². The molecule has 1 aromatic rings. The molecule has 0 aliphatic carbocycles. The molecular formula is C13H15ClN4O2. The number of hydrogen-bond donors (Lipinski definition) is 1. The molecule has 6 nitrogen and oxygen atoms in total. The number of carbonyl (C=O) groups excluding carboxylic acids is 2. The molecule has 7 heteroatoms. The Bertz CT molecular complexity index is 577. The Kier molecular flexibility index (Phi) is 3.25. The normalized spacial score (nSPS) is 22.1. The summed E-state index contributed by atoms with van der Waals surface area (Å²) in [4.78, 5) is 31.6. The van der Waals surface area contributed by atoms with Gasteiger partial charge in [-0.05, 0) is 12.5 Å². The second-order valence-electron chi connectivity index (χ2n) is 5.14. The standard InChI is InChI=1S/C13H15ClN4O2/c14-12-10(5-8(15)6-16-12)13(20)17-3-4-18-9(7-17)1-2-11(18)19/h5-6,9H,1-4,7,15H2. The number of halogens is 1. The van der Waals surface area contributed by atoms with E-state index in [1.54, 1.807) is 11.0 Å². The highest BCUT2D eigenvalue weighted by atomic mass is 35.5. The van der Waals surface area contributed by atoms with Crippen LogP contribution in [0.5, 0.6) is 0 Å². The highest BCUT2D eigenvalue weighted by Gasteiger charge is 2.37. The first-order chi connectivity index (χ1) is 9.56. The summed E-state index contributed by atoms with van der Waals surface area (Å²) in [6.07, 6.45) is 2.81. The van der Waals surface area contributed by atoms with Gasteiger partial charge in [-0.15, -0.1) is 0 Å². The summed E-state index contributed by atoms with van der Waals surface area (Å²) in [6.45, 7) is 1.66. The lowest BCUT2D eigenvalue weighted by Gasteiger charge is -2.37. The molecule has 0 bridgehead atoms. The van der Waals surface area contributed by atoms with Crippen molar-refractivity contribution in [3.05, 3.63) is 23.0 Å². The average Bonchev–Trinajstić information content (AvgIpc) is 2.82. The Balaban J connectivity index is 1.78. The van der Waals surface area contributed by atoms with E-state index in [1.165, 1.54) is 6.20 Å². The Hall–Kier alpha value is -1.82. The topological polar surface area (TPSA) is 79.5 Å². The first-order valence-electron chi connectivity index (χ1n) is 6.56. The lowest BCUT2D eigenvalue weighted by molar-refractivity contribution is -0.130. The van der Waals surface area contributed by atoms with Crippen molar-refractivity contribution in [3.8, 4) is 0 Å². The highest BCUT2D eigenvalue weighted by molar-refractivity contribution is 6.32. The van der Waals surface area contributed by atoms with Crippen LogP contribution in [0, 0.1) is 0 Å². The van der Waals surface area contributed by atoms with Crippen molar-refractivity contribution in [2.75, 3.05) is 25.4 Å². The van der Waals surface area contributed by atoms with Gasteiger partial charge in [-0.2, -0.15) is 0 Å². The Labute approximate surface area is 121 Å². The third-order valence-electron chi connectivity index (χ3n) is 3.87. The van der Waals surface area contributed by atoms with Crippen LogP contribution in [-0.4, -0.2) is 52.3 Å². The predicted molar refractivity (Wildman–Crippen MR) is 74.3 cm³/mol. The van der Waals surface area contributed by atoms with Crippen LogP contribution in [0.15, 0.2) is 12.3 Å². The molecule has 0 spiro atoms.